The lowest BCUT2D eigenvalue weighted by Crippen LogP contribution is -2.29. The van der Waals surface area contributed by atoms with Gasteiger partial charge in [0.25, 0.3) is 0 Å². The molecule has 4 heteroatoms. The summed E-state index contributed by atoms with van der Waals surface area (Å²) in [5.41, 5.74) is 2.39. The van der Waals surface area contributed by atoms with Gasteiger partial charge in [0.05, 0.1) is 21.7 Å². The van der Waals surface area contributed by atoms with Crippen molar-refractivity contribution in [1.82, 2.24) is 9.38 Å². The Hall–Kier alpha value is -1.86. The van der Waals surface area contributed by atoms with Crippen LogP contribution in [0.15, 0.2) is 30.6 Å². The van der Waals surface area contributed by atoms with Crippen LogP contribution in [0.3, 0.4) is 0 Å². The quantitative estimate of drug-likeness (QED) is 0.709. The summed E-state index contributed by atoms with van der Waals surface area (Å²) in [5.74, 6) is 0. The van der Waals surface area contributed by atoms with Crippen molar-refractivity contribution >= 4 is 26.5 Å². The molecule has 4 rings (SSSR count). The second-order valence-electron chi connectivity index (χ2n) is 5.41. The van der Waals surface area contributed by atoms with E-state index in [1.165, 1.54) is 22.2 Å². The van der Waals surface area contributed by atoms with Crippen LogP contribution in [0.2, 0.25) is 0 Å². The second kappa shape index (κ2) is 3.82. The Morgan fingerprint density at radius 2 is 2.32 bits per heavy atom. The van der Waals surface area contributed by atoms with Crippen molar-refractivity contribution in [3.05, 3.63) is 36.2 Å². The molecule has 0 atom stereocenters. The van der Waals surface area contributed by atoms with Gasteiger partial charge in [0, 0.05) is 12.4 Å². The number of hydrogen-bond donors (Lipinski definition) is 0. The van der Waals surface area contributed by atoms with Gasteiger partial charge in [-0.25, -0.2) is 4.98 Å². The normalized spacial score (nSPS) is 17.4. The molecule has 3 aromatic rings. The summed E-state index contributed by atoms with van der Waals surface area (Å²) in [6.45, 7) is 0. The molecule has 0 radical (unpaired) electrons. The average Bonchev–Trinajstić information content (AvgIpc) is 2.93. The van der Waals surface area contributed by atoms with Crippen molar-refractivity contribution in [3.63, 3.8) is 0 Å². The van der Waals surface area contributed by atoms with Crippen molar-refractivity contribution in [2.75, 3.05) is 0 Å². The summed E-state index contributed by atoms with van der Waals surface area (Å²) in [6.07, 6.45) is 8.02. The molecule has 0 aliphatic heterocycles. The number of rotatable bonds is 2. The molecule has 3 nitrogen and oxygen atoms in total. The first kappa shape index (κ1) is 11.0. The lowest BCUT2D eigenvalue weighted by Gasteiger charge is -2.35. The van der Waals surface area contributed by atoms with E-state index in [2.05, 4.69) is 33.7 Å². The lowest BCUT2D eigenvalue weighted by molar-refractivity contribution is 0.214. The number of benzene rings is 1. The number of aromatic nitrogens is 2. The predicted molar refractivity (Wildman–Crippen MR) is 76.2 cm³/mol. The van der Waals surface area contributed by atoms with Crippen LogP contribution >= 0.6 is 11.3 Å². The first-order valence-electron chi connectivity index (χ1n) is 6.55. The fourth-order valence-electron chi connectivity index (χ4n) is 2.92. The van der Waals surface area contributed by atoms with E-state index in [1.807, 2.05) is 12.4 Å². The highest BCUT2D eigenvalue weighted by Gasteiger charge is 2.37. The molecule has 0 bridgehead atoms. The zero-order valence-electron chi connectivity index (χ0n) is 10.5. The zero-order valence-corrected chi connectivity index (χ0v) is 11.3. The van der Waals surface area contributed by atoms with Crippen molar-refractivity contribution in [1.29, 1.82) is 5.26 Å². The average molecular weight is 267 g/mol. The molecule has 0 spiro atoms. The first-order valence-corrected chi connectivity index (χ1v) is 7.37. The third-order valence-corrected chi connectivity index (χ3v) is 5.21. The molecular formula is C15H13N3S. The third kappa shape index (κ3) is 1.58. The van der Waals surface area contributed by atoms with Gasteiger partial charge in [-0.1, -0.05) is 23.8 Å². The molecule has 1 saturated carbocycles. The molecule has 0 N–H and O–H groups in total. The van der Waals surface area contributed by atoms with Crippen LogP contribution in [-0.2, 0) is 6.42 Å². The molecule has 1 fully saturated rings. The first-order chi connectivity index (χ1) is 9.30. The number of imidazole rings is 1. The number of hydrogen-bond acceptors (Lipinski definition) is 3. The van der Waals surface area contributed by atoms with Crippen LogP contribution in [0, 0.1) is 16.7 Å². The molecule has 1 aromatic carbocycles. The maximum atomic E-state index is 9.33. The Balaban J connectivity index is 1.77. The van der Waals surface area contributed by atoms with E-state index in [0.29, 0.717) is 0 Å². The van der Waals surface area contributed by atoms with Crippen LogP contribution in [0.1, 0.15) is 24.8 Å². The van der Waals surface area contributed by atoms with Gasteiger partial charge in [0.15, 0.2) is 4.96 Å². The van der Waals surface area contributed by atoms with Gasteiger partial charge in [-0.15, -0.1) is 0 Å². The highest BCUT2D eigenvalue weighted by molar-refractivity contribution is 7.23. The Kier molecular flexibility index (Phi) is 2.21. The van der Waals surface area contributed by atoms with Crippen LogP contribution in [0.4, 0.5) is 0 Å². The standard InChI is InChI=1S/C15H13N3S/c16-10-15(4-1-5-15)9-11-2-3-12-13(8-11)19-14-17-6-7-18(12)14/h2-3,6-8H,1,4-5,9H2. The van der Waals surface area contributed by atoms with E-state index < -0.39 is 0 Å². The number of nitrogens with zero attached hydrogens (tertiary/aromatic N) is 3. The van der Waals surface area contributed by atoms with Crippen LogP contribution in [0.25, 0.3) is 15.2 Å². The predicted octanol–water partition coefficient (Wildman–Crippen LogP) is 3.79. The highest BCUT2D eigenvalue weighted by Crippen LogP contribution is 2.43. The van der Waals surface area contributed by atoms with E-state index >= 15 is 0 Å². The van der Waals surface area contributed by atoms with E-state index in [4.69, 9.17) is 0 Å². The Labute approximate surface area is 115 Å². The Morgan fingerprint density at radius 3 is 3.05 bits per heavy atom. The molecule has 1 aliphatic carbocycles. The summed E-state index contributed by atoms with van der Waals surface area (Å²) >= 11 is 1.71. The van der Waals surface area contributed by atoms with Gasteiger partial charge in [-0.05, 0) is 37.0 Å². The molecule has 0 unspecified atom stereocenters. The zero-order chi connectivity index (χ0) is 12.9. The summed E-state index contributed by atoms with van der Waals surface area (Å²) in [7, 11) is 0. The summed E-state index contributed by atoms with van der Waals surface area (Å²) in [6, 6.07) is 9.06. The summed E-state index contributed by atoms with van der Waals surface area (Å²) in [5, 5.41) is 9.33. The molecule has 19 heavy (non-hydrogen) atoms. The second-order valence-corrected chi connectivity index (χ2v) is 6.42. The SMILES string of the molecule is N#CC1(Cc2ccc3c(c2)sc2nccn23)CCC1. The molecule has 2 aromatic heterocycles. The lowest BCUT2D eigenvalue weighted by atomic mass is 9.66. The number of nitriles is 1. The molecule has 2 heterocycles. The van der Waals surface area contributed by atoms with Gasteiger partial charge in [-0.3, -0.25) is 4.40 Å². The maximum absolute atomic E-state index is 9.33. The maximum Gasteiger partial charge on any atom is 0.194 e. The fourth-order valence-corrected chi connectivity index (χ4v) is 3.97. The highest BCUT2D eigenvalue weighted by atomic mass is 32.1. The third-order valence-electron chi connectivity index (χ3n) is 4.18. The van der Waals surface area contributed by atoms with Gasteiger partial charge >= 0.3 is 0 Å². The van der Waals surface area contributed by atoms with Crippen molar-refractivity contribution in [2.24, 2.45) is 5.41 Å². The van der Waals surface area contributed by atoms with Gasteiger partial charge in [0.1, 0.15) is 0 Å². The van der Waals surface area contributed by atoms with Crippen LogP contribution < -0.4 is 0 Å². The van der Waals surface area contributed by atoms with Gasteiger partial charge in [0.2, 0.25) is 0 Å². The monoisotopic (exact) mass is 267 g/mol. The molecule has 1 aliphatic rings. The Bertz CT molecular complexity index is 802. The molecule has 0 saturated heterocycles. The summed E-state index contributed by atoms with van der Waals surface area (Å²) < 4.78 is 3.38. The van der Waals surface area contributed by atoms with E-state index in [1.54, 1.807) is 11.3 Å². The van der Waals surface area contributed by atoms with E-state index in [-0.39, 0.29) is 5.41 Å². The smallest absolute Gasteiger partial charge is 0.194 e. The topological polar surface area (TPSA) is 41.1 Å². The van der Waals surface area contributed by atoms with Gasteiger partial charge in [-0.2, -0.15) is 5.26 Å². The van der Waals surface area contributed by atoms with E-state index in [0.717, 1.165) is 24.2 Å². The summed E-state index contributed by atoms with van der Waals surface area (Å²) in [4.78, 5) is 5.37. The molecular weight excluding hydrogens is 254 g/mol. The molecule has 94 valence electrons. The van der Waals surface area contributed by atoms with Crippen molar-refractivity contribution < 1.29 is 0 Å². The van der Waals surface area contributed by atoms with Crippen LogP contribution in [0.5, 0.6) is 0 Å². The minimum atomic E-state index is -0.0922. The number of thiazole rings is 1. The fraction of sp³-hybridized carbons (Fsp3) is 0.333. The number of fused-ring (bicyclic) bond motifs is 3. The minimum absolute atomic E-state index is 0.0922. The largest absolute Gasteiger partial charge is 0.290 e. The van der Waals surface area contributed by atoms with Crippen LogP contribution in [-0.4, -0.2) is 9.38 Å². The molecule has 0 amide bonds. The van der Waals surface area contributed by atoms with Crippen molar-refractivity contribution in [3.8, 4) is 6.07 Å². The van der Waals surface area contributed by atoms with E-state index in [9.17, 15) is 5.26 Å². The van der Waals surface area contributed by atoms with Gasteiger partial charge < -0.3 is 0 Å². The minimum Gasteiger partial charge on any atom is -0.290 e. The van der Waals surface area contributed by atoms with Crippen molar-refractivity contribution in [2.45, 2.75) is 25.7 Å². The Morgan fingerprint density at radius 1 is 1.42 bits per heavy atom.